The van der Waals surface area contributed by atoms with Gasteiger partial charge >= 0.3 is 0 Å². The van der Waals surface area contributed by atoms with Gasteiger partial charge in [-0.2, -0.15) is 0 Å². The number of hydrogen-bond acceptors (Lipinski definition) is 5. The average Bonchev–Trinajstić information content (AvgIpc) is 2.84. The van der Waals surface area contributed by atoms with E-state index >= 15 is 0 Å². The van der Waals surface area contributed by atoms with Crippen LogP contribution in [0.2, 0.25) is 0 Å². The van der Waals surface area contributed by atoms with E-state index in [1.807, 2.05) is 12.3 Å². The fraction of sp³-hybridized carbons (Fsp3) is 0.308. The van der Waals surface area contributed by atoms with E-state index in [0.29, 0.717) is 6.42 Å². The number of thiazole rings is 1. The minimum atomic E-state index is -3.73. The summed E-state index contributed by atoms with van der Waals surface area (Å²) >= 11 is 1.51. The van der Waals surface area contributed by atoms with Gasteiger partial charge in [0.1, 0.15) is 5.82 Å². The van der Waals surface area contributed by atoms with Gasteiger partial charge in [-0.05, 0) is 25.1 Å². The quantitative estimate of drug-likeness (QED) is 0.843. The summed E-state index contributed by atoms with van der Waals surface area (Å²) in [5, 5.41) is 11.8. The number of halogens is 1. The lowest BCUT2D eigenvalue weighted by Gasteiger charge is -2.07. The molecule has 2 N–H and O–H groups in total. The molecule has 5 nitrogen and oxygen atoms in total. The van der Waals surface area contributed by atoms with Gasteiger partial charge in [0.15, 0.2) is 0 Å². The summed E-state index contributed by atoms with van der Waals surface area (Å²) in [4.78, 5) is 4.18. The molecule has 0 radical (unpaired) electrons. The lowest BCUT2D eigenvalue weighted by molar-refractivity contribution is 0.275. The predicted octanol–water partition coefficient (Wildman–Crippen LogP) is 1.60. The Morgan fingerprint density at radius 1 is 1.43 bits per heavy atom. The van der Waals surface area contributed by atoms with Gasteiger partial charge in [0.2, 0.25) is 10.0 Å². The largest absolute Gasteiger partial charge is 0.392 e. The Hall–Kier alpha value is -1.35. The summed E-state index contributed by atoms with van der Waals surface area (Å²) in [6.45, 7) is 1.54. The molecule has 0 aliphatic heterocycles. The van der Waals surface area contributed by atoms with E-state index in [2.05, 4.69) is 9.71 Å². The molecule has 0 aliphatic carbocycles. The normalized spacial score (nSPS) is 11.8. The van der Waals surface area contributed by atoms with Crippen molar-refractivity contribution in [3.05, 3.63) is 45.7 Å². The van der Waals surface area contributed by atoms with E-state index in [4.69, 9.17) is 5.11 Å². The van der Waals surface area contributed by atoms with Gasteiger partial charge in [-0.3, -0.25) is 0 Å². The second-order valence-corrected chi connectivity index (χ2v) is 7.25. The van der Waals surface area contributed by atoms with E-state index in [0.717, 1.165) is 22.8 Å². The summed E-state index contributed by atoms with van der Waals surface area (Å²) in [5.41, 5.74) is 0.781. The summed E-state index contributed by atoms with van der Waals surface area (Å²) in [6.07, 6.45) is 0.484. The number of aliphatic hydroxyl groups is 1. The van der Waals surface area contributed by atoms with Gasteiger partial charge in [-0.15, -0.1) is 11.3 Å². The highest BCUT2D eigenvalue weighted by Crippen LogP contribution is 2.15. The van der Waals surface area contributed by atoms with Crippen LogP contribution < -0.4 is 4.72 Å². The Kier molecular flexibility index (Phi) is 5.04. The third-order valence-corrected chi connectivity index (χ3v) is 5.12. The highest BCUT2D eigenvalue weighted by Gasteiger charge is 2.15. The second-order valence-electron chi connectivity index (χ2n) is 4.42. The average molecular weight is 330 g/mol. The maximum Gasteiger partial charge on any atom is 0.240 e. The first-order valence-corrected chi connectivity index (χ1v) is 8.58. The third-order valence-electron chi connectivity index (χ3n) is 2.84. The first-order valence-electron chi connectivity index (χ1n) is 6.22. The molecule has 2 aromatic rings. The third kappa shape index (κ3) is 4.07. The van der Waals surface area contributed by atoms with Crippen LogP contribution in [0.5, 0.6) is 0 Å². The monoisotopic (exact) mass is 330 g/mol. The van der Waals surface area contributed by atoms with Crippen molar-refractivity contribution in [1.82, 2.24) is 9.71 Å². The Labute approximate surface area is 126 Å². The molecule has 0 saturated heterocycles. The number of aliphatic hydroxyl groups excluding tert-OH is 1. The van der Waals surface area contributed by atoms with Crippen molar-refractivity contribution in [2.45, 2.75) is 24.8 Å². The number of sulfonamides is 1. The second kappa shape index (κ2) is 6.61. The van der Waals surface area contributed by atoms with Gasteiger partial charge < -0.3 is 5.11 Å². The van der Waals surface area contributed by atoms with Crippen LogP contribution in [0.4, 0.5) is 4.39 Å². The van der Waals surface area contributed by atoms with Crippen LogP contribution in [0.3, 0.4) is 0 Å². The molecule has 114 valence electrons. The van der Waals surface area contributed by atoms with Gasteiger partial charge in [0.25, 0.3) is 0 Å². The number of rotatable bonds is 6. The molecule has 2 rings (SSSR count). The number of nitrogens with zero attached hydrogens (tertiary/aromatic N) is 1. The highest BCUT2D eigenvalue weighted by molar-refractivity contribution is 7.89. The zero-order valence-corrected chi connectivity index (χ0v) is 13.0. The molecular formula is C13H15FN2O3S2. The number of benzene rings is 1. The molecule has 21 heavy (non-hydrogen) atoms. The number of hydrogen-bond donors (Lipinski definition) is 2. The van der Waals surface area contributed by atoms with Crippen molar-refractivity contribution in [2.24, 2.45) is 0 Å². The lowest BCUT2D eigenvalue weighted by atomic mass is 10.2. The van der Waals surface area contributed by atoms with Crippen molar-refractivity contribution in [3.63, 3.8) is 0 Å². The minimum Gasteiger partial charge on any atom is -0.392 e. The van der Waals surface area contributed by atoms with Crippen LogP contribution in [0.25, 0.3) is 0 Å². The topological polar surface area (TPSA) is 79.3 Å². The maximum absolute atomic E-state index is 13.3. The van der Waals surface area contributed by atoms with Gasteiger partial charge in [-0.25, -0.2) is 22.5 Å². The molecule has 0 atom stereocenters. The van der Waals surface area contributed by atoms with E-state index in [-0.39, 0.29) is 17.0 Å². The zero-order valence-electron chi connectivity index (χ0n) is 11.3. The summed E-state index contributed by atoms with van der Waals surface area (Å²) in [6, 6.07) is 3.33. The van der Waals surface area contributed by atoms with Crippen LogP contribution in [-0.2, 0) is 23.1 Å². The minimum absolute atomic E-state index is 0.0481. The molecule has 1 heterocycles. The molecule has 0 amide bonds. The van der Waals surface area contributed by atoms with Gasteiger partial charge in [-0.1, -0.05) is 0 Å². The number of aryl methyl sites for hydroxylation is 1. The van der Waals surface area contributed by atoms with Crippen LogP contribution in [-0.4, -0.2) is 25.1 Å². The SMILES string of the molecule is Cc1nc(CCNS(=O)(=O)c2ccc(F)c(CO)c2)cs1. The summed E-state index contributed by atoms with van der Waals surface area (Å²) < 4.78 is 39.8. The molecular weight excluding hydrogens is 315 g/mol. The Morgan fingerprint density at radius 2 is 2.19 bits per heavy atom. The van der Waals surface area contributed by atoms with Crippen LogP contribution in [0.15, 0.2) is 28.5 Å². The molecule has 0 aliphatic rings. The smallest absolute Gasteiger partial charge is 0.240 e. The highest BCUT2D eigenvalue weighted by atomic mass is 32.2. The Balaban J connectivity index is 2.04. The fourth-order valence-corrected chi connectivity index (χ4v) is 3.49. The maximum atomic E-state index is 13.3. The molecule has 0 fully saturated rings. The Morgan fingerprint density at radius 3 is 2.81 bits per heavy atom. The van der Waals surface area contributed by atoms with E-state index < -0.39 is 22.4 Å². The van der Waals surface area contributed by atoms with Crippen molar-refractivity contribution in [2.75, 3.05) is 6.54 Å². The van der Waals surface area contributed by atoms with Crippen molar-refractivity contribution in [3.8, 4) is 0 Å². The van der Waals surface area contributed by atoms with Crippen LogP contribution in [0, 0.1) is 12.7 Å². The summed E-state index contributed by atoms with van der Waals surface area (Å²) in [5.74, 6) is -0.630. The molecule has 0 bridgehead atoms. The standard InChI is InChI=1S/C13H15FN2O3S2/c1-9-16-11(8-20-9)4-5-15-21(18,19)12-2-3-13(14)10(6-12)7-17/h2-3,6,8,15,17H,4-5,7H2,1H3. The van der Waals surface area contributed by atoms with Crippen LogP contribution in [0.1, 0.15) is 16.3 Å². The molecule has 0 saturated carbocycles. The van der Waals surface area contributed by atoms with Crippen LogP contribution >= 0.6 is 11.3 Å². The molecule has 1 aromatic carbocycles. The first-order chi connectivity index (χ1) is 9.92. The summed E-state index contributed by atoms with van der Waals surface area (Å²) in [7, 11) is -3.73. The Bertz CT molecular complexity index is 729. The van der Waals surface area contributed by atoms with E-state index in [9.17, 15) is 12.8 Å². The van der Waals surface area contributed by atoms with Gasteiger partial charge in [0, 0.05) is 23.9 Å². The van der Waals surface area contributed by atoms with E-state index in [1.165, 1.54) is 17.4 Å². The predicted molar refractivity (Wildman–Crippen MR) is 78.1 cm³/mol. The lowest BCUT2D eigenvalue weighted by Crippen LogP contribution is -2.26. The zero-order chi connectivity index (χ0) is 15.5. The first kappa shape index (κ1) is 16.0. The number of aromatic nitrogens is 1. The molecule has 1 aromatic heterocycles. The van der Waals surface area contributed by atoms with Crippen molar-refractivity contribution in [1.29, 1.82) is 0 Å². The molecule has 8 heteroatoms. The van der Waals surface area contributed by atoms with Crippen molar-refractivity contribution < 1.29 is 17.9 Å². The molecule has 0 unspecified atom stereocenters. The fourth-order valence-electron chi connectivity index (χ4n) is 1.76. The molecule has 0 spiro atoms. The van der Waals surface area contributed by atoms with Gasteiger partial charge in [0.05, 0.1) is 22.2 Å². The van der Waals surface area contributed by atoms with Crippen molar-refractivity contribution >= 4 is 21.4 Å². The number of nitrogens with one attached hydrogen (secondary N) is 1. The van der Waals surface area contributed by atoms with E-state index in [1.54, 1.807) is 0 Å².